The molecule has 0 unspecified atom stereocenters. The van der Waals surface area contributed by atoms with Crippen LogP contribution >= 0.6 is 0 Å². The maximum Gasteiger partial charge on any atom is 0.325 e. The van der Waals surface area contributed by atoms with Crippen LogP contribution in [-0.2, 0) is 16.1 Å². The summed E-state index contributed by atoms with van der Waals surface area (Å²) in [6.07, 6.45) is 2.20. The summed E-state index contributed by atoms with van der Waals surface area (Å²) in [7, 11) is 0. The number of imide groups is 1. The smallest absolute Gasteiger partial charge is 0.325 e. The highest BCUT2D eigenvalue weighted by molar-refractivity contribution is 6.05. The molecule has 2 aromatic carbocycles. The molecule has 0 spiro atoms. The van der Waals surface area contributed by atoms with Crippen molar-refractivity contribution in [3.05, 3.63) is 66.4 Å². The Bertz CT molecular complexity index is 1030. The van der Waals surface area contributed by atoms with Crippen molar-refractivity contribution in [2.24, 2.45) is 0 Å². The topological polar surface area (TPSA) is 94.3 Å². The van der Waals surface area contributed by atoms with Crippen LogP contribution in [0.2, 0.25) is 0 Å². The van der Waals surface area contributed by atoms with Gasteiger partial charge in [0.25, 0.3) is 5.91 Å². The predicted molar refractivity (Wildman–Crippen MR) is 105 cm³/mol. The number of hydrogen-bond donors (Lipinski definition) is 3. The number of amides is 4. The van der Waals surface area contributed by atoms with Crippen molar-refractivity contribution in [2.45, 2.75) is 25.4 Å². The van der Waals surface area contributed by atoms with E-state index in [9.17, 15) is 14.4 Å². The molecule has 4 rings (SSSR count). The van der Waals surface area contributed by atoms with Gasteiger partial charge in [0, 0.05) is 23.5 Å². The van der Waals surface area contributed by atoms with Crippen molar-refractivity contribution in [1.82, 2.24) is 15.2 Å². The van der Waals surface area contributed by atoms with Crippen LogP contribution in [-0.4, -0.2) is 33.8 Å². The highest BCUT2D eigenvalue weighted by Crippen LogP contribution is 2.22. The number of anilines is 1. The van der Waals surface area contributed by atoms with Crippen LogP contribution in [0.1, 0.15) is 18.4 Å². The molecule has 7 nitrogen and oxygen atoms in total. The van der Waals surface area contributed by atoms with E-state index in [4.69, 9.17) is 0 Å². The number of urea groups is 1. The number of aromatic amines is 1. The lowest BCUT2D eigenvalue weighted by Crippen LogP contribution is -2.31. The molecular weight excluding hydrogens is 356 g/mol. The molecule has 3 N–H and O–H groups in total. The Kier molecular flexibility index (Phi) is 4.80. The summed E-state index contributed by atoms with van der Waals surface area (Å²) in [5.41, 5.74) is 2.54. The van der Waals surface area contributed by atoms with Gasteiger partial charge in [-0.05, 0) is 30.2 Å². The molecule has 0 bridgehead atoms. The van der Waals surface area contributed by atoms with Crippen molar-refractivity contribution in [2.75, 3.05) is 5.32 Å². The molecule has 142 valence electrons. The van der Waals surface area contributed by atoms with Crippen molar-refractivity contribution in [1.29, 1.82) is 0 Å². The standard InChI is InChI=1S/C21H20N4O3/c26-19(23-17-8-4-7-16-15(17)11-12-22-16)10-9-18-20(27)25(21(28)24-18)13-14-5-2-1-3-6-14/h1-8,11-12,18,22H,9-10,13H2,(H,23,26)(H,24,28)/t18-/m0/s1. The number of carbonyl (C=O) groups excluding carboxylic acids is 3. The van der Waals surface area contributed by atoms with Crippen LogP contribution in [0.15, 0.2) is 60.8 Å². The van der Waals surface area contributed by atoms with Gasteiger partial charge in [0.05, 0.1) is 12.2 Å². The first-order chi connectivity index (χ1) is 13.6. The second kappa shape index (κ2) is 7.56. The fraction of sp³-hybridized carbons (Fsp3) is 0.190. The van der Waals surface area contributed by atoms with Crippen LogP contribution in [0.5, 0.6) is 0 Å². The van der Waals surface area contributed by atoms with E-state index in [-0.39, 0.29) is 31.2 Å². The molecule has 2 heterocycles. The molecule has 1 aliphatic heterocycles. The fourth-order valence-electron chi connectivity index (χ4n) is 3.37. The first-order valence-corrected chi connectivity index (χ1v) is 9.13. The zero-order chi connectivity index (χ0) is 19.5. The van der Waals surface area contributed by atoms with E-state index in [0.717, 1.165) is 22.2 Å². The maximum absolute atomic E-state index is 12.5. The Morgan fingerprint density at radius 2 is 1.86 bits per heavy atom. The molecule has 0 radical (unpaired) electrons. The summed E-state index contributed by atoms with van der Waals surface area (Å²) in [5, 5.41) is 6.47. The van der Waals surface area contributed by atoms with Crippen LogP contribution < -0.4 is 10.6 Å². The van der Waals surface area contributed by atoms with Gasteiger partial charge in [0.15, 0.2) is 0 Å². The Morgan fingerprint density at radius 3 is 2.68 bits per heavy atom. The SMILES string of the molecule is O=C(CC[C@@H]1NC(=O)N(Cc2ccccc2)C1=O)Nc1cccc2[nH]ccc12. The number of nitrogens with zero attached hydrogens (tertiary/aromatic N) is 1. The Labute approximate surface area is 161 Å². The Balaban J connectivity index is 1.34. The summed E-state index contributed by atoms with van der Waals surface area (Å²) in [6.45, 7) is 0.226. The van der Waals surface area contributed by atoms with Crippen LogP contribution in [0, 0.1) is 0 Å². The van der Waals surface area contributed by atoms with E-state index < -0.39 is 12.1 Å². The molecule has 4 amide bonds. The zero-order valence-corrected chi connectivity index (χ0v) is 15.1. The van der Waals surface area contributed by atoms with Gasteiger partial charge in [-0.2, -0.15) is 0 Å². The number of nitrogens with one attached hydrogen (secondary N) is 3. The zero-order valence-electron chi connectivity index (χ0n) is 15.1. The maximum atomic E-state index is 12.5. The molecule has 0 aliphatic carbocycles. The fourth-order valence-corrected chi connectivity index (χ4v) is 3.37. The summed E-state index contributed by atoms with van der Waals surface area (Å²) in [4.78, 5) is 41.3. The number of hydrogen-bond acceptors (Lipinski definition) is 3. The average Bonchev–Trinajstić information content (AvgIpc) is 3.28. The highest BCUT2D eigenvalue weighted by Gasteiger charge is 2.37. The molecule has 1 aromatic heterocycles. The summed E-state index contributed by atoms with van der Waals surface area (Å²) >= 11 is 0. The lowest BCUT2D eigenvalue weighted by atomic mass is 10.1. The van der Waals surface area contributed by atoms with Gasteiger partial charge in [0.1, 0.15) is 6.04 Å². The van der Waals surface area contributed by atoms with E-state index in [1.807, 2.05) is 60.8 Å². The molecular formula is C21H20N4O3. The van der Waals surface area contributed by atoms with Crippen LogP contribution in [0.4, 0.5) is 10.5 Å². The molecule has 1 atom stereocenters. The van der Waals surface area contributed by atoms with Crippen molar-refractivity contribution >= 4 is 34.4 Å². The molecule has 7 heteroatoms. The largest absolute Gasteiger partial charge is 0.361 e. The third-order valence-corrected chi connectivity index (χ3v) is 4.82. The number of benzene rings is 2. The molecule has 1 saturated heterocycles. The third kappa shape index (κ3) is 3.59. The second-order valence-electron chi connectivity index (χ2n) is 6.74. The van der Waals surface area contributed by atoms with E-state index >= 15 is 0 Å². The van der Waals surface area contributed by atoms with Gasteiger partial charge in [-0.25, -0.2) is 4.79 Å². The Morgan fingerprint density at radius 1 is 1.04 bits per heavy atom. The monoisotopic (exact) mass is 376 g/mol. The Hall–Kier alpha value is -3.61. The van der Waals surface area contributed by atoms with E-state index in [1.165, 1.54) is 4.90 Å². The third-order valence-electron chi connectivity index (χ3n) is 4.82. The average molecular weight is 376 g/mol. The van der Waals surface area contributed by atoms with E-state index in [1.54, 1.807) is 0 Å². The van der Waals surface area contributed by atoms with Gasteiger partial charge in [-0.15, -0.1) is 0 Å². The number of H-pyrrole nitrogens is 1. The predicted octanol–water partition coefficient (Wildman–Crippen LogP) is 3.01. The van der Waals surface area contributed by atoms with Gasteiger partial charge in [-0.1, -0.05) is 36.4 Å². The summed E-state index contributed by atoms with van der Waals surface area (Å²) in [6, 6.07) is 15.8. The normalized spacial score (nSPS) is 16.4. The van der Waals surface area contributed by atoms with E-state index in [0.29, 0.717) is 0 Å². The van der Waals surface area contributed by atoms with Crippen LogP contribution in [0.25, 0.3) is 10.9 Å². The van der Waals surface area contributed by atoms with Crippen molar-refractivity contribution in [3.63, 3.8) is 0 Å². The first-order valence-electron chi connectivity index (χ1n) is 9.13. The molecule has 1 aliphatic rings. The van der Waals surface area contributed by atoms with E-state index in [2.05, 4.69) is 15.6 Å². The second-order valence-corrected chi connectivity index (χ2v) is 6.74. The first kappa shape index (κ1) is 17.8. The number of rotatable bonds is 6. The quantitative estimate of drug-likeness (QED) is 0.577. The molecule has 0 saturated carbocycles. The summed E-state index contributed by atoms with van der Waals surface area (Å²) in [5.74, 6) is -0.494. The number of carbonyl (C=O) groups is 3. The molecule has 28 heavy (non-hydrogen) atoms. The van der Waals surface area contributed by atoms with Gasteiger partial charge in [-0.3, -0.25) is 14.5 Å². The highest BCUT2D eigenvalue weighted by atomic mass is 16.2. The van der Waals surface area contributed by atoms with Crippen molar-refractivity contribution in [3.8, 4) is 0 Å². The number of aromatic nitrogens is 1. The minimum atomic E-state index is -0.676. The lowest BCUT2D eigenvalue weighted by molar-refractivity contribution is -0.128. The lowest BCUT2D eigenvalue weighted by Gasteiger charge is -2.13. The minimum absolute atomic E-state index is 0.136. The minimum Gasteiger partial charge on any atom is -0.361 e. The van der Waals surface area contributed by atoms with Gasteiger partial charge in [0.2, 0.25) is 5.91 Å². The number of fused-ring (bicyclic) bond motifs is 1. The molecule has 3 aromatic rings. The van der Waals surface area contributed by atoms with Gasteiger partial charge < -0.3 is 15.6 Å². The van der Waals surface area contributed by atoms with Crippen molar-refractivity contribution < 1.29 is 14.4 Å². The summed E-state index contributed by atoms with van der Waals surface area (Å²) < 4.78 is 0. The van der Waals surface area contributed by atoms with Gasteiger partial charge >= 0.3 is 6.03 Å². The van der Waals surface area contributed by atoms with Crippen LogP contribution in [0.3, 0.4) is 0 Å². The molecule has 1 fully saturated rings.